The number of aromatic nitrogens is 2. The first-order valence-electron chi connectivity index (χ1n) is 12.6. The summed E-state index contributed by atoms with van der Waals surface area (Å²) in [4.78, 5) is 23.8. The van der Waals surface area contributed by atoms with Crippen LogP contribution in [0.1, 0.15) is 13.8 Å². The van der Waals surface area contributed by atoms with Crippen molar-refractivity contribution < 1.29 is 19.0 Å². The van der Waals surface area contributed by atoms with Gasteiger partial charge in [-0.25, -0.2) is 9.97 Å². The number of carbonyl (C=O) groups is 1. The van der Waals surface area contributed by atoms with Gasteiger partial charge in [-0.15, -0.1) is 0 Å². The minimum absolute atomic E-state index is 0.140. The Labute approximate surface area is 237 Å². The molecule has 0 saturated carbocycles. The van der Waals surface area contributed by atoms with Crippen molar-refractivity contribution in [3.05, 3.63) is 47.1 Å². The highest BCUT2D eigenvalue weighted by molar-refractivity contribution is 6.41. The zero-order valence-electron chi connectivity index (χ0n) is 22.3. The molecular weight excluding hydrogens is 541 g/mol. The van der Waals surface area contributed by atoms with Crippen molar-refractivity contribution in [2.75, 3.05) is 50.7 Å². The van der Waals surface area contributed by atoms with Crippen LogP contribution >= 0.6 is 23.2 Å². The first-order valence-corrected chi connectivity index (χ1v) is 13.3. The number of fused-ring (bicyclic) bond motifs is 1. The van der Waals surface area contributed by atoms with Crippen LogP contribution in [0.2, 0.25) is 10.0 Å². The van der Waals surface area contributed by atoms with Gasteiger partial charge < -0.3 is 29.7 Å². The Bertz CT molecular complexity index is 1410. The molecule has 0 aliphatic carbocycles. The molecule has 1 amide bonds. The molecule has 0 radical (unpaired) electrons. The zero-order valence-corrected chi connectivity index (χ0v) is 23.8. The third-order valence-electron chi connectivity index (χ3n) is 6.99. The standard InChI is InChI=1S/C28H31Cl2N5O4/c1-6-23(36)33-19-12-39-11-18(19)32-22-8-16-15(10-31-22)7-17(34-27(16)35-13-28(2,3)14-35)24-25(29)20(37-4)9-21(38-5)26(24)30/h6-10,18-19H,1,11-14H2,2-5H3,(H,31,32)(H,33,36)/t18-,19+/m1/s1. The number of methoxy groups -OCH3 is 2. The largest absolute Gasteiger partial charge is 0.495 e. The number of amides is 1. The van der Waals surface area contributed by atoms with Gasteiger partial charge in [0.05, 0.1) is 55.3 Å². The highest BCUT2D eigenvalue weighted by atomic mass is 35.5. The number of rotatable bonds is 8. The van der Waals surface area contributed by atoms with Crippen LogP contribution in [0.3, 0.4) is 0 Å². The molecule has 0 spiro atoms. The van der Waals surface area contributed by atoms with Gasteiger partial charge in [-0.2, -0.15) is 0 Å². The van der Waals surface area contributed by atoms with Crippen LogP contribution in [0.25, 0.3) is 22.0 Å². The molecule has 0 unspecified atom stereocenters. The Morgan fingerprint density at radius 1 is 1.13 bits per heavy atom. The van der Waals surface area contributed by atoms with Gasteiger partial charge in [0.1, 0.15) is 23.1 Å². The summed E-state index contributed by atoms with van der Waals surface area (Å²) in [6, 6.07) is 5.21. The Kier molecular flexibility index (Phi) is 7.50. The number of benzene rings is 1. The molecule has 11 heteroatoms. The molecule has 2 N–H and O–H groups in total. The predicted octanol–water partition coefficient (Wildman–Crippen LogP) is 4.95. The van der Waals surface area contributed by atoms with Crippen molar-refractivity contribution in [2.24, 2.45) is 5.41 Å². The molecule has 2 saturated heterocycles. The zero-order chi connectivity index (χ0) is 27.9. The summed E-state index contributed by atoms with van der Waals surface area (Å²) in [7, 11) is 3.09. The van der Waals surface area contributed by atoms with Gasteiger partial charge in [0.15, 0.2) is 0 Å². The molecule has 2 fully saturated rings. The third-order valence-corrected chi connectivity index (χ3v) is 7.74. The van der Waals surface area contributed by atoms with E-state index in [0.717, 1.165) is 29.7 Å². The van der Waals surface area contributed by atoms with Gasteiger partial charge in [-0.3, -0.25) is 4.79 Å². The quantitative estimate of drug-likeness (QED) is 0.366. The monoisotopic (exact) mass is 571 g/mol. The maximum atomic E-state index is 11.9. The summed E-state index contributed by atoms with van der Waals surface area (Å²) >= 11 is 13.5. The molecule has 2 atom stereocenters. The van der Waals surface area contributed by atoms with Gasteiger partial charge in [-0.1, -0.05) is 43.6 Å². The summed E-state index contributed by atoms with van der Waals surface area (Å²) in [6.45, 7) is 10.5. The fraction of sp³-hybridized carbons (Fsp3) is 0.393. The Balaban J connectivity index is 1.58. The molecule has 4 heterocycles. The van der Waals surface area contributed by atoms with Crippen LogP contribution in [0.5, 0.6) is 11.5 Å². The Morgan fingerprint density at radius 3 is 2.41 bits per heavy atom. The van der Waals surface area contributed by atoms with Crippen LogP contribution in [0, 0.1) is 5.41 Å². The van der Waals surface area contributed by atoms with E-state index in [-0.39, 0.29) is 23.4 Å². The van der Waals surface area contributed by atoms with Crippen molar-refractivity contribution in [1.29, 1.82) is 0 Å². The molecule has 1 aromatic carbocycles. The van der Waals surface area contributed by atoms with Crippen molar-refractivity contribution >= 4 is 51.5 Å². The number of hydrogen-bond donors (Lipinski definition) is 2. The summed E-state index contributed by atoms with van der Waals surface area (Å²) in [6.07, 6.45) is 3.05. The van der Waals surface area contributed by atoms with Crippen molar-refractivity contribution in [3.63, 3.8) is 0 Å². The van der Waals surface area contributed by atoms with Crippen molar-refractivity contribution in [3.8, 4) is 22.8 Å². The SMILES string of the molecule is C=CC(=O)N[C@H]1COC[C@H]1Nc1cc2c(N3CC(C)(C)C3)nc(-c3c(Cl)c(OC)cc(OC)c3Cl)cc2cn1. The van der Waals surface area contributed by atoms with Crippen LogP contribution in [-0.4, -0.2) is 68.5 Å². The van der Waals surface area contributed by atoms with Gasteiger partial charge in [0.25, 0.3) is 0 Å². The smallest absolute Gasteiger partial charge is 0.243 e. The highest BCUT2D eigenvalue weighted by Crippen LogP contribution is 2.47. The number of ether oxygens (including phenoxy) is 3. The number of nitrogens with one attached hydrogen (secondary N) is 2. The summed E-state index contributed by atoms with van der Waals surface area (Å²) in [5, 5.41) is 8.84. The van der Waals surface area contributed by atoms with E-state index in [1.165, 1.54) is 6.08 Å². The second-order valence-corrected chi connectivity index (χ2v) is 11.3. The summed E-state index contributed by atoms with van der Waals surface area (Å²) < 4.78 is 16.6. The van der Waals surface area contributed by atoms with E-state index in [1.54, 1.807) is 26.5 Å². The van der Waals surface area contributed by atoms with E-state index in [4.69, 9.17) is 42.4 Å². The minimum atomic E-state index is -0.241. The minimum Gasteiger partial charge on any atom is -0.495 e. The first kappa shape index (κ1) is 27.3. The van der Waals surface area contributed by atoms with Crippen LogP contribution < -0.4 is 25.0 Å². The molecule has 2 aromatic heterocycles. The number of hydrogen-bond acceptors (Lipinski definition) is 8. The lowest BCUT2D eigenvalue weighted by molar-refractivity contribution is -0.117. The third kappa shape index (κ3) is 5.31. The molecule has 0 bridgehead atoms. The van der Waals surface area contributed by atoms with Gasteiger partial charge in [0, 0.05) is 41.7 Å². The van der Waals surface area contributed by atoms with Crippen molar-refractivity contribution in [2.45, 2.75) is 25.9 Å². The van der Waals surface area contributed by atoms with Crippen LogP contribution in [0.15, 0.2) is 37.1 Å². The van der Waals surface area contributed by atoms with E-state index in [9.17, 15) is 4.79 Å². The van der Waals surface area contributed by atoms with E-state index in [0.29, 0.717) is 51.8 Å². The number of pyridine rings is 2. The fourth-order valence-corrected chi connectivity index (χ4v) is 5.79. The molecule has 2 aliphatic heterocycles. The molecule has 9 nitrogen and oxygen atoms in total. The average Bonchev–Trinajstić information content (AvgIpc) is 3.33. The van der Waals surface area contributed by atoms with Crippen LogP contribution in [-0.2, 0) is 9.53 Å². The van der Waals surface area contributed by atoms with Gasteiger partial charge >= 0.3 is 0 Å². The average molecular weight is 572 g/mol. The summed E-state index contributed by atoms with van der Waals surface area (Å²) in [5.41, 5.74) is 1.29. The molecule has 2 aliphatic rings. The highest BCUT2D eigenvalue weighted by Gasteiger charge is 2.36. The number of nitrogens with zero attached hydrogens (tertiary/aromatic N) is 3. The molecule has 3 aromatic rings. The van der Waals surface area contributed by atoms with Crippen LogP contribution in [0.4, 0.5) is 11.6 Å². The van der Waals surface area contributed by atoms with E-state index >= 15 is 0 Å². The number of carbonyl (C=O) groups excluding carboxylic acids is 1. The maximum absolute atomic E-state index is 11.9. The second-order valence-electron chi connectivity index (χ2n) is 10.5. The fourth-order valence-electron chi connectivity index (χ4n) is 5.09. The van der Waals surface area contributed by atoms with E-state index in [2.05, 4.69) is 40.9 Å². The van der Waals surface area contributed by atoms with E-state index in [1.807, 2.05) is 12.1 Å². The second kappa shape index (κ2) is 10.7. The Hall–Kier alpha value is -3.27. The number of anilines is 2. The van der Waals surface area contributed by atoms with Gasteiger partial charge in [0.2, 0.25) is 5.91 Å². The van der Waals surface area contributed by atoms with Gasteiger partial charge in [-0.05, 0) is 23.6 Å². The molecule has 39 heavy (non-hydrogen) atoms. The van der Waals surface area contributed by atoms with Crippen molar-refractivity contribution in [1.82, 2.24) is 15.3 Å². The lowest BCUT2D eigenvalue weighted by Gasteiger charge is -2.47. The molecule has 5 rings (SSSR count). The first-order chi connectivity index (χ1) is 18.6. The number of halogens is 2. The Morgan fingerprint density at radius 2 is 1.79 bits per heavy atom. The molecular formula is C28H31Cl2N5O4. The maximum Gasteiger partial charge on any atom is 0.243 e. The van der Waals surface area contributed by atoms with E-state index < -0.39 is 0 Å². The summed E-state index contributed by atoms with van der Waals surface area (Å²) in [5.74, 6) is 2.10. The predicted molar refractivity (Wildman–Crippen MR) is 154 cm³/mol. The molecule has 206 valence electrons. The topological polar surface area (TPSA) is 97.8 Å². The normalized spacial score (nSPS) is 19.9. The lowest BCUT2D eigenvalue weighted by Crippen LogP contribution is -2.53. The lowest BCUT2D eigenvalue weighted by atomic mass is 9.84.